The van der Waals surface area contributed by atoms with Crippen molar-refractivity contribution < 1.29 is 14.6 Å². The van der Waals surface area contributed by atoms with Gasteiger partial charge in [0.2, 0.25) is 0 Å². The summed E-state index contributed by atoms with van der Waals surface area (Å²) in [5, 5.41) is 10.5. The molecule has 0 aliphatic carbocycles. The molecule has 0 aromatic heterocycles. The van der Waals surface area contributed by atoms with Crippen molar-refractivity contribution in [3.05, 3.63) is 71.8 Å². The van der Waals surface area contributed by atoms with Gasteiger partial charge in [0.25, 0.3) is 6.48 Å². The van der Waals surface area contributed by atoms with E-state index in [9.17, 15) is 5.11 Å². The molecular weight excluding hydrogens is 407 g/mol. The Morgan fingerprint density at radius 2 is 1.09 bits per heavy atom. The Balaban J connectivity index is 1.51. The summed E-state index contributed by atoms with van der Waals surface area (Å²) in [7, 11) is 0. The van der Waals surface area contributed by atoms with E-state index in [2.05, 4.69) is 31.2 Å². The van der Waals surface area contributed by atoms with E-state index >= 15 is 0 Å². The predicted molar refractivity (Wildman–Crippen MR) is 139 cm³/mol. The fourth-order valence-electron chi connectivity index (χ4n) is 5.05. The molecule has 0 amide bonds. The molecule has 1 N–H and O–H groups in total. The molecule has 3 rings (SSSR count). The lowest BCUT2D eigenvalue weighted by molar-refractivity contribution is -0.299. The molecule has 0 spiro atoms. The zero-order valence-electron chi connectivity index (χ0n) is 20.5. The van der Waals surface area contributed by atoms with Crippen LogP contribution in [0.25, 0.3) is 0 Å². The molecule has 2 aromatic rings. The average Bonchev–Trinajstić information content (AvgIpc) is 2.84. The highest BCUT2D eigenvalue weighted by Crippen LogP contribution is 2.36. The molecule has 0 bridgehead atoms. The van der Waals surface area contributed by atoms with Crippen molar-refractivity contribution in [2.75, 3.05) is 0 Å². The van der Waals surface area contributed by atoms with Crippen molar-refractivity contribution in [2.45, 2.75) is 109 Å². The molecule has 4 heteroatoms. The minimum Gasteiger partial charge on any atom is -0.346 e. The summed E-state index contributed by atoms with van der Waals surface area (Å²) >= 11 is 0. The van der Waals surface area contributed by atoms with Gasteiger partial charge in [-0.3, -0.25) is 0 Å². The number of unbranched alkanes of at least 4 members (excludes halogenated alkanes) is 9. The van der Waals surface area contributed by atoms with Crippen LogP contribution in [0.15, 0.2) is 60.7 Å². The molecule has 33 heavy (non-hydrogen) atoms. The maximum Gasteiger partial charge on any atom is 0.270 e. The fraction of sp³-hybridized carbons (Fsp3) is 0.586. The summed E-state index contributed by atoms with van der Waals surface area (Å²) in [6.45, 7) is 1.57. The first kappa shape index (κ1) is 26.0. The van der Waals surface area contributed by atoms with Gasteiger partial charge in [0, 0.05) is 0 Å². The number of aliphatic hydroxyl groups excluding tert-OH is 1. The van der Waals surface area contributed by atoms with Crippen LogP contribution in [0.1, 0.15) is 94.5 Å². The maximum absolute atomic E-state index is 10.5. The monoisotopic (exact) mass is 450 g/mol. The summed E-state index contributed by atoms with van der Waals surface area (Å²) < 4.78 is 12.0. The Morgan fingerprint density at radius 1 is 0.667 bits per heavy atom. The van der Waals surface area contributed by atoms with Crippen molar-refractivity contribution in [1.82, 2.24) is 0 Å². The first-order chi connectivity index (χ1) is 16.3. The molecule has 2 atom stereocenters. The predicted octanol–water partition coefficient (Wildman–Crippen LogP) is 8.21. The van der Waals surface area contributed by atoms with Crippen molar-refractivity contribution in [3.63, 3.8) is 0 Å². The largest absolute Gasteiger partial charge is 0.346 e. The van der Waals surface area contributed by atoms with E-state index in [1.165, 1.54) is 70.5 Å². The van der Waals surface area contributed by atoms with E-state index in [0.29, 0.717) is 6.71 Å². The zero-order chi connectivity index (χ0) is 23.1. The molecule has 1 saturated heterocycles. The van der Waals surface area contributed by atoms with E-state index in [1.54, 1.807) is 0 Å². The van der Waals surface area contributed by atoms with Gasteiger partial charge in [-0.2, -0.15) is 0 Å². The van der Waals surface area contributed by atoms with Crippen LogP contribution in [0.5, 0.6) is 0 Å². The summed E-state index contributed by atoms with van der Waals surface area (Å²) in [6.07, 6.45) is 16.4. The molecule has 2 aromatic carbocycles. The summed E-state index contributed by atoms with van der Waals surface area (Å²) in [4.78, 5) is 0. The highest BCUT2D eigenvalue weighted by molar-refractivity contribution is 6.59. The quantitative estimate of drug-likeness (QED) is 0.247. The lowest BCUT2D eigenvalue weighted by Crippen LogP contribution is -2.31. The number of hydrogen-bond donors (Lipinski definition) is 1. The molecule has 0 radical (unpaired) electrons. The van der Waals surface area contributed by atoms with Crippen molar-refractivity contribution in [2.24, 2.45) is 0 Å². The Bertz CT molecular complexity index is 688. The van der Waals surface area contributed by atoms with Crippen molar-refractivity contribution >= 4 is 6.71 Å². The Kier molecular flexibility index (Phi) is 12.1. The summed E-state index contributed by atoms with van der Waals surface area (Å²) in [6, 6.07) is 20.5. The van der Waals surface area contributed by atoms with E-state index in [4.69, 9.17) is 9.47 Å². The third-order valence-corrected chi connectivity index (χ3v) is 6.96. The van der Waals surface area contributed by atoms with E-state index in [-0.39, 0.29) is 12.2 Å². The molecule has 1 aliphatic rings. The molecule has 180 valence electrons. The lowest BCUT2D eigenvalue weighted by atomic mass is 9.40. The number of hydrogen-bond acceptors (Lipinski definition) is 3. The van der Waals surface area contributed by atoms with Crippen LogP contribution in [0, 0.1) is 0 Å². The van der Waals surface area contributed by atoms with Gasteiger partial charge >= 0.3 is 0 Å². The van der Waals surface area contributed by atoms with E-state index < -0.39 is 6.48 Å². The van der Waals surface area contributed by atoms with Crippen LogP contribution in [0.2, 0.25) is 19.0 Å². The zero-order valence-corrected chi connectivity index (χ0v) is 20.5. The van der Waals surface area contributed by atoms with Crippen molar-refractivity contribution in [1.29, 1.82) is 0 Å². The molecule has 2 unspecified atom stereocenters. The topological polar surface area (TPSA) is 38.7 Å². The molecular formula is C29H43BO3. The molecule has 1 heterocycles. The van der Waals surface area contributed by atoms with Gasteiger partial charge in [-0.15, -0.1) is 0 Å². The Hall–Kier alpha value is -1.62. The minimum atomic E-state index is -1.21. The smallest absolute Gasteiger partial charge is 0.270 e. The van der Waals surface area contributed by atoms with Crippen LogP contribution in [0.3, 0.4) is 0 Å². The van der Waals surface area contributed by atoms with Crippen LogP contribution in [-0.4, -0.2) is 18.3 Å². The van der Waals surface area contributed by atoms with Crippen LogP contribution in [0.4, 0.5) is 0 Å². The second-order valence-electron chi connectivity index (χ2n) is 9.69. The number of aliphatic hydroxyl groups is 1. The molecule has 1 fully saturated rings. The highest BCUT2D eigenvalue weighted by Gasteiger charge is 2.32. The van der Waals surface area contributed by atoms with Gasteiger partial charge < -0.3 is 14.6 Å². The number of rotatable bonds is 13. The molecule has 3 nitrogen and oxygen atoms in total. The third-order valence-electron chi connectivity index (χ3n) is 6.96. The first-order valence-electron chi connectivity index (χ1n) is 13.3. The van der Waals surface area contributed by atoms with Gasteiger partial charge in [0.1, 0.15) is 6.71 Å². The second-order valence-corrected chi connectivity index (χ2v) is 9.69. The van der Waals surface area contributed by atoms with Gasteiger partial charge in [0.15, 0.2) is 0 Å². The van der Waals surface area contributed by atoms with Gasteiger partial charge in [0.05, 0.1) is 12.2 Å². The highest BCUT2D eigenvalue weighted by atomic mass is 16.8. The SMILES string of the molecule is CCCCCCCCCCCCB1CC(c2ccccc2)OC(O)OC(c2ccccc2)C1. The summed E-state index contributed by atoms with van der Waals surface area (Å²) in [5.41, 5.74) is 2.23. The number of ether oxygens (including phenoxy) is 2. The maximum atomic E-state index is 10.5. The number of benzene rings is 2. The minimum absolute atomic E-state index is 0.133. The first-order valence-corrected chi connectivity index (χ1v) is 13.3. The average molecular weight is 450 g/mol. The van der Waals surface area contributed by atoms with Gasteiger partial charge in [-0.1, -0.05) is 138 Å². The van der Waals surface area contributed by atoms with Crippen LogP contribution >= 0.6 is 0 Å². The normalized spacial score (nSPS) is 21.5. The van der Waals surface area contributed by atoms with Crippen LogP contribution < -0.4 is 0 Å². The molecule has 0 saturated carbocycles. The van der Waals surface area contributed by atoms with Crippen LogP contribution in [-0.2, 0) is 9.47 Å². The molecule has 1 aliphatic heterocycles. The second kappa shape index (κ2) is 15.3. The lowest BCUT2D eigenvalue weighted by Gasteiger charge is -2.32. The van der Waals surface area contributed by atoms with E-state index in [0.717, 1.165) is 23.8 Å². The summed E-state index contributed by atoms with van der Waals surface area (Å²) in [5.74, 6) is 0. The fourth-order valence-corrected chi connectivity index (χ4v) is 5.05. The van der Waals surface area contributed by atoms with E-state index in [1.807, 2.05) is 36.4 Å². The van der Waals surface area contributed by atoms with Gasteiger partial charge in [-0.25, -0.2) is 0 Å². The van der Waals surface area contributed by atoms with Crippen molar-refractivity contribution in [3.8, 4) is 0 Å². The standard InChI is InChI=1S/C29H43BO3/c1-2-3-4-5-6-7-8-9-10-17-22-30-23-27(25-18-13-11-14-19-25)32-29(31)33-28(24-30)26-20-15-12-16-21-26/h11-16,18-21,27-29,31H,2-10,17,22-24H2,1H3. The Morgan fingerprint density at radius 3 is 1.55 bits per heavy atom. The van der Waals surface area contributed by atoms with Gasteiger partial charge in [-0.05, 0) is 23.8 Å². The third kappa shape index (κ3) is 9.64. The Labute approximate surface area is 202 Å².